The van der Waals surface area contributed by atoms with Crippen molar-refractivity contribution >= 4 is 5.78 Å². The number of ketones is 1. The molecular formula is C18H24O2. The standard InChI is InChI=1S/C18H24O2/c1-18-9-8-14-13-5-3-12(19)10-11(13)2-4-15(14)16(18)6-7-17(18)20/h2,4,10,13-17,20H,3,5-9H2,1H3/t13?,14?,15?,16?,17?,18-/m0/s1. The third kappa shape index (κ3) is 1.64. The van der Waals surface area contributed by atoms with E-state index in [-0.39, 0.29) is 11.5 Å². The Bertz CT molecular complexity index is 504. The average Bonchev–Trinajstić information content (AvgIpc) is 2.74. The van der Waals surface area contributed by atoms with E-state index in [1.807, 2.05) is 6.08 Å². The van der Waals surface area contributed by atoms with Gasteiger partial charge >= 0.3 is 0 Å². The summed E-state index contributed by atoms with van der Waals surface area (Å²) in [6, 6.07) is 0. The number of aliphatic hydroxyl groups excluding tert-OH is 1. The highest BCUT2D eigenvalue weighted by Gasteiger charge is 2.54. The van der Waals surface area contributed by atoms with Crippen molar-refractivity contribution in [2.24, 2.45) is 29.1 Å². The zero-order chi connectivity index (χ0) is 13.9. The smallest absolute Gasteiger partial charge is 0.155 e. The fourth-order valence-electron chi connectivity index (χ4n) is 5.63. The Balaban J connectivity index is 1.69. The summed E-state index contributed by atoms with van der Waals surface area (Å²) in [5.41, 5.74) is 1.42. The lowest BCUT2D eigenvalue weighted by atomic mass is 9.54. The van der Waals surface area contributed by atoms with Crippen LogP contribution in [0.4, 0.5) is 0 Å². The lowest BCUT2D eigenvalue weighted by molar-refractivity contribution is -0.115. The van der Waals surface area contributed by atoms with Crippen molar-refractivity contribution in [2.75, 3.05) is 0 Å². The van der Waals surface area contributed by atoms with Crippen molar-refractivity contribution in [1.29, 1.82) is 0 Å². The van der Waals surface area contributed by atoms with Gasteiger partial charge < -0.3 is 5.11 Å². The van der Waals surface area contributed by atoms with E-state index in [9.17, 15) is 9.90 Å². The van der Waals surface area contributed by atoms with Crippen LogP contribution in [0.3, 0.4) is 0 Å². The molecule has 0 heterocycles. The maximum atomic E-state index is 11.6. The highest BCUT2D eigenvalue weighted by molar-refractivity contribution is 5.91. The molecule has 0 spiro atoms. The van der Waals surface area contributed by atoms with Crippen molar-refractivity contribution in [3.05, 3.63) is 23.8 Å². The van der Waals surface area contributed by atoms with E-state index in [4.69, 9.17) is 0 Å². The first-order chi connectivity index (χ1) is 9.59. The molecule has 4 aliphatic carbocycles. The van der Waals surface area contributed by atoms with Gasteiger partial charge in [-0.2, -0.15) is 0 Å². The monoisotopic (exact) mass is 272 g/mol. The summed E-state index contributed by atoms with van der Waals surface area (Å²) in [5.74, 6) is 2.89. The predicted octanol–water partition coefficient (Wildman–Crippen LogP) is 3.27. The molecule has 108 valence electrons. The van der Waals surface area contributed by atoms with Crippen molar-refractivity contribution < 1.29 is 9.90 Å². The number of aliphatic hydroxyl groups is 1. The van der Waals surface area contributed by atoms with Crippen molar-refractivity contribution in [3.8, 4) is 0 Å². The molecule has 0 aromatic heterocycles. The largest absolute Gasteiger partial charge is 0.393 e. The van der Waals surface area contributed by atoms with Crippen LogP contribution in [0.5, 0.6) is 0 Å². The number of carbonyl (C=O) groups excluding carboxylic acids is 1. The number of fused-ring (bicyclic) bond motifs is 5. The topological polar surface area (TPSA) is 37.3 Å². The lowest BCUT2D eigenvalue weighted by Gasteiger charge is -2.51. The Morgan fingerprint density at radius 2 is 2.10 bits per heavy atom. The first kappa shape index (κ1) is 12.8. The normalized spacial score (nSPS) is 50.2. The van der Waals surface area contributed by atoms with E-state index in [2.05, 4.69) is 19.1 Å². The summed E-state index contributed by atoms with van der Waals surface area (Å²) >= 11 is 0. The number of allylic oxidation sites excluding steroid dienone is 4. The molecule has 0 radical (unpaired) electrons. The minimum absolute atomic E-state index is 0.105. The summed E-state index contributed by atoms with van der Waals surface area (Å²) in [6.45, 7) is 2.30. The van der Waals surface area contributed by atoms with Crippen molar-refractivity contribution in [3.63, 3.8) is 0 Å². The molecule has 6 atom stereocenters. The second kappa shape index (κ2) is 4.30. The third-order valence-corrected chi connectivity index (χ3v) is 6.82. The van der Waals surface area contributed by atoms with Gasteiger partial charge in [0.1, 0.15) is 0 Å². The Labute approximate surface area is 120 Å². The molecule has 2 fully saturated rings. The zero-order valence-electron chi connectivity index (χ0n) is 12.2. The number of rotatable bonds is 0. The highest BCUT2D eigenvalue weighted by atomic mass is 16.3. The molecule has 4 rings (SSSR count). The van der Waals surface area contributed by atoms with Gasteiger partial charge in [0, 0.05) is 6.42 Å². The van der Waals surface area contributed by atoms with Gasteiger partial charge in [-0.1, -0.05) is 19.1 Å². The second-order valence-corrected chi connectivity index (χ2v) is 7.60. The molecule has 2 saturated carbocycles. The van der Waals surface area contributed by atoms with Crippen LogP contribution in [0.25, 0.3) is 0 Å². The fourth-order valence-corrected chi connectivity index (χ4v) is 5.63. The Morgan fingerprint density at radius 3 is 2.95 bits per heavy atom. The van der Waals surface area contributed by atoms with Gasteiger partial charge in [-0.05, 0) is 72.8 Å². The molecule has 0 aromatic carbocycles. The molecule has 2 heteroatoms. The van der Waals surface area contributed by atoms with E-state index in [0.29, 0.717) is 29.5 Å². The average molecular weight is 272 g/mol. The molecule has 0 bridgehead atoms. The summed E-state index contributed by atoms with van der Waals surface area (Å²) < 4.78 is 0. The molecule has 2 nitrogen and oxygen atoms in total. The molecule has 0 aromatic rings. The first-order valence-electron chi connectivity index (χ1n) is 8.20. The van der Waals surface area contributed by atoms with Gasteiger partial charge in [0.25, 0.3) is 0 Å². The minimum Gasteiger partial charge on any atom is -0.393 e. The Hall–Kier alpha value is -0.890. The van der Waals surface area contributed by atoms with Crippen LogP contribution in [0.15, 0.2) is 23.8 Å². The first-order valence-corrected chi connectivity index (χ1v) is 8.20. The van der Waals surface area contributed by atoms with Crippen LogP contribution in [0, 0.1) is 29.1 Å². The number of hydrogen-bond acceptors (Lipinski definition) is 2. The molecular weight excluding hydrogens is 248 g/mol. The molecule has 5 unspecified atom stereocenters. The molecule has 0 amide bonds. The van der Waals surface area contributed by atoms with Crippen LogP contribution in [0.1, 0.15) is 45.4 Å². The van der Waals surface area contributed by atoms with Gasteiger partial charge in [-0.3, -0.25) is 4.79 Å². The predicted molar refractivity (Wildman–Crippen MR) is 78.0 cm³/mol. The Kier molecular flexibility index (Phi) is 2.76. The van der Waals surface area contributed by atoms with Crippen molar-refractivity contribution in [1.82, 2.24) is 0 Å². The SMILES string of the molecule is C[C@]12CCC3C4CCC(=O)C=C4C=CC3C1CCC2O. The Morgan fingerprint density at radius 1 is 1.25 bits per heavy atom. The van der Waals surface area contributed by atoms with Crippen molar-refractivity contribution in [2.45, 2.75) is 51.6 Å². The van der Waals surface area contributed by atoms with Gasteiger partial charge in [0.05, 0.1) is 6.10 Å². The maximum Gasteiger partial charge on any atom is 0.155 e. The number of carbonyl (C=O) groups is 1. The van der Waals surface area contributed by atoms with E-state index >= 15 is 0 Å². The molecule has 0 aliphatic heterocycles. The molecule has 20 heavy (non-hydrogen) atoms. The van der Waals surface area contributed by atoms with E-state index in [1.54, 1.807) is 0 Å². The minimum atomic E-state index is -0.105. The van der Waals surface area contributed by atoms with Crippen LogP contribution in [-0.2, 0) is 4.79 Å². The zero-order valence-corrected chi connectivity index (χ0v) is 12.2. The van der Waals surface area contributed by atoms with Gasteiger partial charge in [0.2, 0.25) is 0 Å². The van der Waals surface area contributed by atoms with Crippen LogP contribution in [-0.4, -0.2) is 17.0 Å². The van der Waals surface area contributed by atoms with Gasteiger partial charge in [-0.25, -0.2) is 0 Å². The summed E-state index contributed by atoms with van der Waals surface area (Å²) in [6.07, 6.45) is 12.7. The van der Waals surface area contributed by atoms with Crippen LogP contribution < -0.4 is 0 Å². The fraction of sp³-hybridized carbons (Fsp3) is 0.722. The molecule has 4 aliphatic rings. The quantitative estimate of drug-likeness (QED) is 0.735. The van der Waals surface area contributed by atoms with E-state index < -0.39 is 0 Å². The summed E-state index contributed by atoms with van der Waals surface area (Å²) in [7, 11) is 0. The maximum absolute atomic E-state index is 11.6. The van der Waals surface area contributed by atoms with Gasteiger partial charge in [0.15, 0.2) is 5.78 Å². The third-order valence-electron chi connectivity index (χ3n) is 6.82. The molecule has 1 N–H and O–H groups in total. The van der Waals surface area contributed by atoms with E-state index in [0.717, 1.165) is 25.7 Å². The van der Waals surface area contributed by atoms with Crippen LogP contribution >= 0.6 is 0 Å². The van der Waals surface area contributed by atoms with E-state index in [1.165, 1.54) is 18.4 Å². The summed E-state index contributed by atoms with van der Waals surface area (Å²) in [4.78, 5) is 11.6. The molecule has 0 saturated heterocycles. The van der Waals surface area contributed by atoms with Gasteiger partial charge in [-0.15, -0.1) is 0 Å². The van der Waals surface area contributed by atoms with Crippen LogP contribution in [0.2, 0.25) is 0 Å². The highest BCUT2D eigenvalue weighted by Crippen LogP contribution is 2.60. The summed E-state index contributed by atoms with van der Waals surface area (Å²) in [5, 5.41) is 10.4. The second-order valence-electron chi connectivity index (χ2n) is 7.60. The lowest BCUT2D eigenvalue weighted by Crippen LogP contribution is -2.46. The number of hydrogen-bond donors (Lipinski definition) is 1.